The van der Waals surface area contributed by atoms with Gasteiger partial charge >= 0.3 is 0 Å². The minimum Gasteiger partial charge on any atom is -0.481 e. The van der Waals surface area contributed by atoms with E-state index in [1.165, 1.54) is 11.8 Å². The van der Waals surface area contributed by atoms with Crippen molar-refractivity contribution in [2.24, 2.45) is 12.8 Å². The number of alkyl halides is 1. The first-order chi connectivity index (χ1) is 6.11. The predicted octanol–water partition coefficient (Wildman–Crippen LogP) is 0.706. The van der Waals surface area contributed by atoms with Crippen LogP contribution in [0.4, 0.5) is 4.39 Å². The first-order valence-corrected chi connectivity index (χ1v) is 4.03. The van der Waals surface area contributed by atoms with Gasteiger partial charge in [-0.3, -0.25) is 0 Å². The number of hydrogen-bond acceptors (Lipinski definition) is 3. The monoisotopic (exact) mass is 187 g/mol. The summed E-state index contributed by atoms with van der Waals surface area (Å²) in [6.45, 7) is 1.68. The Morgan fingerprint density at radius 2 is 2.31 bits per heavy atom. The molecule has 0 aliphatic heterocycles. The molecule has 0 aliphatic carbocycles. The zero-order valence-electron chi connectivity index (χ0n) is 8.04. The second kappa shape index (κ2) is 3.74. The van der Waals surface area contributed by atoms with Crippen molar-refractivity contribution in [1.29, 1.82) is 0 Å². The summed E-state index contributed by atoms with van der Waals surface area (Å²) in [6.07, 6.45) is -1.20. The summed E-state index contributed by atoms with van der Waals surface area (Å²) < 4.78 is 19.9. The first kappa shape index (κ1) is 9.98. The molecule has 5 heteroatoms. The molecule has 0 spiro atoms. The van der Waals surface area contributed by atoms with Crippen molar-refractivity contribution in [2.45, 2.75) is 13.1 Å². The molecule has 0 saturated heterocycles. The van der Waals surface area contributed by atoms with Gasteiger partial charge < -0.3 is 10.5 Å². The lowest BCUT2D eigenvalue weighted by atomic mass is 10.1. The molecule has 4 nitrogen and oxygen atoms in total. The summed E-state index contributed by atoms with van der Waals surface area (Å²) in [5.41, 5.74) is 6.31. The van der Waals surface area contributed by atoms with Gasteiger partial charge in [0.15, 0.2) is 0 Å². The SMILES string of the molecule is COc1c(C(F)CN)c(C)nn1C. The maximum Gasteiger partial charge on any atom is 0.217 e. The van der Waals surface area contributed by atoms with Crippen LogP contribution in [0, 0.1) is 6.92 Å². The zero-order chi connectivity index (χ0) is 10.0. The molecule has 0 bridgehead atoms. The fourth-order valence-electron chi connectivity index (χ4n) is 1.37. The van der Waals surface area contributed by atoms with Gasteiger partial charge in [0.2, 0.25) is 5.88 Å². The van der Waals surface area contributed by atoms with Crippen molar-refractivity contribution in [1.82, 2.24) is 9.78 Å². The summed E-state index contributed by atoms with van der Waals surface area (Å²) in [5.74, 6) is 0.440. The predicted molar refractivity (Wildman–Crippen MR) is 47.4 cm³/mol. The number of methoxy groups -OCH3 is 1. The van der Waals surface area contributed by atoms with Crippen LogP contribution in [0.25, 0.3) is 0 Å². The van der Waals surface area contributed by atoms with E-state index < -0.39 is 6.17 Å². The molecular weight excluding hydrogens is 173 g/mol. The molecule has 74 valence electrons. The van der Waals surface area contributed by atoms with Gasteiger partial charge in [0, 0.05) is 13.6 Å². The van der Waals surface area contributed by atoms with Gasteiger partial charge in [-0.2, -0.15) is 5.10 Å². The molecule has 13 heavy (non-hydrogen) atoms. The third-order valence-corrected chi connectivity index (χ3v) is 1.93. The van der Waals surface area contributed by atoms with E-state index in [9.17, 15) is 4.39 Å². The van der Waals surface area contributed by atoms with Crippen LogP contribution in [-0.2, 0) is 7.05 Å². The molecule has 0 aliphatic rings. The molecule has 0 saturated carbocycles. The second-order valence-electron chi connectivity index (χ2n) is 2.84. The van der Waals surface area contributed by atoms with Crippen molar-refractivity contribution in [2.75, 3.05) is 13.7 Å². The molecule has 2 N–H and O–H groups in total. The quantitative estimate of drug-likeness (QED) is 0.758. The summed E-state index contributed by atoms with van der Waals surface area (Å²) >= 11 is 0. The van der Waals surface area contributed by atoms with E-state index in [-0.39, 0.29) is 6.54 Å². The van der Waals surface area contributed by atoms with Crippen LogP contribution in [0.2, 0.25) is 0 Å². The smallest absolute Gasteiger partial charge is 0.217 e. The number of nitrogens with zero attached hydrogens (tertiary/aromatic N) is 2. The Kier molecular flexibility index (Phi) is 2.87. The van der Waals surface area contributed by atoms with Gasteiger partial charge in [0.25, 0.3) is 0 Å². The topological polar surface area (TPSA) is 53.1 Å². The van der Waals surface area contributed by atoms with E-state index in [0.717, 1.165) is 0 Å². The summed E-state index contributed by atoms with van der Waals surface area (Å²) in [4.78, 5) is 0. The van der Waals surface area contributed by atoms with E-state index in [0.29, 0.717) is 17.1 Å². The van der Waals surface area contributed by atoms with Crippen LogP contribution in [0.3, 0.4) is 0 Å². The molecule has 0 aromatic carbocycles. The lowest BCUT2D eigenvalue weighted by Crippen LogP contribution is -2.09. The average molecular weight is 187 g/mol. The molecule has 0 radical (unpaired) electrons. The molecule has 1 unspecified atom stereocenters. The van der Waals surface area contributed by atoms with Crippen molar-refractivity contribution < 1.29 is 9.13 Å². The molecule has 1 atom stereocenters. The van der Waals surface area contributed by atoms with Crippen molar-refractivity contribution >= 4 is 0 Å². The fraction of sp³-hybridized carbons (Fsp3) is 0.625. The molecular formula is C8H14FN3O. The van der Waals surface area contributed by atoms with Crippen molar-refractivity contribution in [3.63, 3.8) is 0 Å². The summed E-state index contributed by atoms with van der Waals surface area (Å²) in [7, 11) is 3.20. The third kappa shape index (κ3) is 1.65. The van der Waals surface area contributed by atoms with Crippen LogP contribution >= 0.6 is 0 Å². The van der Waals surface area contributed by atoms with Crippen LogP contribution in [0.15, 0.2) is 0 Å². The second-order valence-corrected chi connectivity index (χ2v) is 2.84. The van der Waals surface area contributed by atoms with Gasteiger partial charge in [-0.25, -0.2) is 9.07 Å². The number of aromatic nitrogens is 2. The van der Waals surface area contributed by atoms with Crippen molar-refractivity contribution in [3.8, 4) is 5.88 Å². The number of aryl methyl sites for hydroxylation is 2. The minimum absolute atomic E-state index is 0.0527. The highest BCUT2D eigenvalue weighted by atomic mass is 19.1. The molecule has 1 aromatic rings. The highest BCUT2D eigenvalue weighted by Crippen LogP contribution is 2.29. The average Bonchev–Trinajstić information content (AvgIpc) is 2.39. The van der Waals surface area contributed by atoms with E-state index >= 15 is 0 Å². The van der Waals surface area contributed by atoms with Gasteiger partial charge in [-0.15, -0.1) is 0 Å². The molecule has 0 amide bonds. The third-order valence-electron chi connectivity index (χ3n) is 1.93. The zero-order valence-corrected chi connectivity index (χ0v) is 8.04. The van der Waals surface area contributed by atoms with E-state index in [4.69, 9.17) is 10.5 Å². The lowest BCUT2D eigenvalue weighted by Gasteiger charge is -2.07. The van der Waals surface area contributed by atoms with E-state index in [1.807, 2.05) is 0 Å². The molecule has 1 rings (SSSR count). The lowest BCUT2D eigenvalue weighted by molar-refractivity contribution is 0.320. The minimum atomic E-state index is -1.20. The standard InChI is InChI=1S/C8H14FN3O/c1-5-7(6(9)4-10)8(13-3)12(2)11-5/h6H,4,10H2,1-3H3. The van der Waals surface area contributed by atoms with Gasteiger partial charge in [-0.1, -0.05) is 0 Å². The summed E-state index contributed by atoms with van der Waals surface area (Å²) in [5, 5.41) is 4.05. The Labute approximate surface area is 76.5 Å². The number of hydrogen-bond donors (Lipinski definition) is 1. The highest BCUT2D eigenvalue weighted by Gasteiger charge is 2.21. The molecule has 1 aromatic heterocycles. The molecule has 1 heterocycles. The fourth-order valence-corrected chi connectivity index (χ4v) is 1.37. The maximum atomic E-state index is 13.3. The number of halogens is 1. The maximum absolute atomic E-state index is 13.3. The van der Waals surface area contributed by atoms with E-state index in [1.54, 1.807) is 14.0 Å². The first-order valence-electron chi connectivity index (χ1n) is 4.03. The van der Waals surface area contributed by atoms with Crippen LogP contribution in [0.5, 0.6) is 5.88 Å². The van der Waals surface area contributed by atoms with Gasteiger partial charge in [-0.05, 0) is 6.92 Å². The van der Waals surface area contributed by atoms with Crippen LogP contribution < -0.4 is 10.5 Å². The number of rotatable bonds is 3. The Hall–Kier alpha value is -1.10. The Bertz CT molecular complexity index is 298. The largest absolute Gasteiger partial charge is 0.481 e. The van der Waals surface area contributed by atoms with Crippen molar-refractivity contribution in [3.05, 3.63) is 11.3 Å². The summed E-state index contributed by atoms with van der Waals surface area (Å²) in [6, 6.07) is 0. The Morgan fingerprint density at radius 3 is 2.77 bits per heavy atom. The molecule has 0 fully saturated rings. The normalized spacial score (nSPS) is 13.0. The Balaban J connectivity index is 3.16. The van der Waals surface area contributed by atoms with Crippen LogP contribution in [-0.4, -0.2) is 23.4 Å². The number of ether oxygens (including phenoxy) is 1. The van der Waals surface area contributed by atoms with E-state index in [2.05, 4.69) is 5.10 Å². The van der Waals surface area contributed by atoms with Crippen LogP contribution in [0.1, 0.15) is 17.4 Å². The highest BCUT2D eigenvalue weighted by molar-refractivity contribution is 5.33. The van der Waals surface area contributed by atoms with Gasteiger partial charge in [0.1, 0.15) is 6.17 Å². The van der Waals surface area contributed by atoms with Gasteiger partial charge in [0.05, 0.1) is 18.4 Å². The Morgan fingerprint density at radius 1 is 1.69 bits per heavy atom. The number of nitrogens with two attached hydrogens (primary N) is 1.